The van der Waals surface area contributed by atoms with Gasteiger partial charge in [0.05, 0.1) is 12.7 Å². The molecule has 0 radical (unpaired) electrons. The van der Waals surface area contributed by atoms with Crippen LogP contribution in [-0.2, 0) is 0 Å². The molecule has 1 N–H and O–H groups in total. The van der Waals surface area contributed by atoms with Crippen LogP contribution in [0.3, 0.4) is 0 Å². The van der Waals surface area contributed by atoms with Crippen LogP contribution in [0.4, 0.5) is 0 Å². The van der Waals surface area contributed by atoms with E-state index in [0.29, 0.717) is 16.5 Å². The predicted molar refractivity (Wildman–Crippen MR) is 85.7 cm³/mol. The number of halogens is 1. The molecule has 0 bridgehead atoms. The third kappa shape index (κ3) is 2.38. The fraction of sp³-hybridized carbons (Fsp3) is 0.0588. The third-order valence-electron chi connectivity index (χ3n) is 3.45. The third-order valence-corrected chi connectivity index (χ3v) is 3.77. The minimum atomic E-state index is -0.981. The molecule has 0 amide bonds. The Hall–Kier alpha value is -2.59. The van der Waals surface area contributed by atoms with Crippen LogP contribution in [0.5, 0.6) is 5.88 Å². The summed E-state index contributed by atoms with van der Waals surface area (Å²) in [6.07, 6.45) is 1.63. The summed E-state index contributed by atoms with van der Waals surface area (Å²) in [5, 5.41) is 11.4. The topological polar surface area (TPSA) is 59.4 Å². The van der Waals surface area contributed by atoms with E-state index in [1.165, 1.54) is 7.11 Å². The van der Waals surface area contributed by atoms with Crippen molar-refractivity contribution in [2.45, 2.75) is 0 Å². The van der Waals surface area contributed by atoms with E-state index in [-0.39, 0.29) is 5.56 Å². The zero-order valence-electron chi connectivity index (χ0n) is 11.7. The van der Waals surface area contributed by atoms with Gasteiger partial charge in [0, 0.05) is 22.3 Å². The van der Waals surface area contributed by atoms with Crippen LogP contribution in [0, 0.1) is 0 Å². The van der Waals surface area contributed by atoms with Crippen molar-refractivity contribution in [1.29, 1.82) is 0 Å². The highest BCUT2D eigenvalue weighted by Crippen LogP contribution is 2.39. The molecule has 0 aliphatic carbocycles. The number of fused-ring (bicyclic) bond motifs is 1. The number of benzene rings is 2. The molecule has 1 aromatic heterocycles. The minimum Gasteiger partial charge on any atom is -0.481 e. The van der Waals surface area contributed by atoms with Crippen molar-refractivity contribution < 1.29 is 14.6 Å². The lowest BCUT2D eigenvalue weighted by Crippen LogP contribution is -1.97. The van der Waals surface area contributed by atoms with Gasteiger partial charge in [-0.15, -0.1) is 0 Å². The second-order valence-corrected chi connectivity index (χ2v) is 5.13. The molecule has 0 aliphatic rings. The van der Waals surface area contributed by atoms with E-state index in [4.69, 9.17) is 16.3 Å². The van der Waals surface area contributed by atoms with Crippen LogP contribution >= 0.6 is 11.6 Å². The highest BCUT2D eigenvalue weighted by atomic mass is 35.5. The number of aromatic carboxylic acids is 1. The van der Waals surface area contributed by atoms with Crippen molar-refractivity contribution in [2.75, 3.05) is 7.11 Å². The van der Waals surface area contributed by atoms with Crippen LogP contribution in [-0.4, -0.2) is 23.2 Å². The first-order valence-electron chi connectivity index (χ1n) is 6.56. The fourth-order valence-electron chi connectivity index (χ4n) is 2.44. The lowest BCUT2D eigenvalue weighted by Gasteiger charge is -2.12. The molecule has 0 unspecified atom stereocenters. The van der Waals surface area contributed by atoms with Crippen molar-refractivity contribution in [1.82, 2.24) is 4.98 Å². The number of aromatic nitrogens is 1. The molecule has 0 aliphatic heterocycles. The summed E-state index contributed by atoms with van der Waals surface area (Å²) in [6.45, 7) is 0. The summed E-state index contributed by atoms with van der Waals surface area (Å²) in [4.78, 5) is 15.4. The Morgan fingerprint density at radius 1 is 1.23 bits per heavy atom. The van der Waals surface area contributed by atoms with Crippen molar-refractivity contribution >= 4 is 28.3 Å². The monoisotopic (exact) mass is 313 g/mol. The normalized spacial score (nSPS) is 10.6. The average Bonchev–Trinajstić information content (AvgIpc) is 2.54. The average molecular weight is 314 g/mol. The van der Waals surface area contributed by atoms with Gasteiger partial charge in [-0.25, -0.2) is 9.78 Å². The van der Waals surface area contributed by atoms with Gasteiger partial charge in [-0.05, 0) is 41.1 Å². The molecule has 3 rings (SSSR count). The van der Waals surface area contributed by atoms with Gasteiger partial charge in [-0.2, -0.15) is 0 Å². The van der Waals surface area contributed by atoms with Gasteiger partial charge in [-0.3, -0.25) is 0 Å². The molecular weight excluding hydrogens is 302 g/mol. The number of carbonyl (C=O) groups is 1. The van der Waals surface area contributed by atoms with Crippen molar-refractivity contribution in [3.8, 4) is 17.0 Å². The zero-order valence-corrected chi connectivity index (χ0v) is 12.5. The molecule has 0 saturated carbocycles. The Labute approximate surface area is 131 Å². The van der Waals surface area contributed by atoms with Gasteiger partial charge in [0.1, 0.15) is 0 Å². The van der Waals surface area contributed by atoms with Gasteiger partial charge in [0.25, 0.3) is 0 Å². The Morgan fingerprint density at radius 2 is 2.00 bits per heavy atom. The summed E-state index contributed by atoms with van der Waals surface area (Å²) < 4.78 is 5.30. The van der Waals surface area contributed by atoms with Crippen LogP contribution in [0.2, 0.25) is 5.02 Å². The standard InChI is InChI=1S/C17H12ClNO3/c1-22-16-12(3-2-8-19-16)15-13-9-11(17(20)21)5-4-10(13)6-7-14(15)18/h2-9H,1H3,(H,20,21). The van der Waals surface area contributed by atoms with Crippen molar-refractivity contribution in [2.24, 2.45) is 0 Å². The molecule has 0 atom stereocenters. The number of pyridine rings is 1. The Kier molecular flexibility index (Phi) is 3.69. The van der Waals surface area contributed by atoms with E-state index in [1.54, 1.807) is 36.5 Å². The molecular formula is C17H12ClNO3. The number of hydrogen-bond acceptors (Lipinski definition) is 3. The second kappa shape index (κ2) is 5.66. The van der Waals surface area contributed by atoms with E-state index in [2.05, 4.69) is 4.98 Å². The van der Waals surface area contributed by atoms with Crippen molar-refractivity contribution in [3.63, 3.8) is 0 Å². The summed E-state index contributed by atoms with van der Waals surface area (Å²) in [7, 11) is 1.54. The molecule has 22 heavy (non-hydrogen) atoms. The maximum absolute atomic E-state index is 11.2. The van der Waals surface area contributed by atoms with Gasteiger partial charge in [-0.1, -0.05) is 23.7 Å². The second-order valence-electron chi connectivity index (χ2n) is 4.72. The molecule has 3 aromatic rings. The van der Waals surface area contributed by atoms with Crippen molar-refractivity contribution in [3.05, 3.63) is 59.2 Å². The Morgan fingerprint density at radius 3 is 2.73 bits per heavy atom. The molecule has 0 fully saturated rings. The highest BCUT2D eigenvalue weighted by Gasteiger charge is 2.15. The molecule has 0 spiro atoms. The van der Waals surface area contributed by atoms with Gasteiger partial charge in [0.15, 0.2) is 0 Å². The minimum absolute atomic E-state index is 0.207. The Balaban J connectivity index is 2.38. The van der Waals surface area contributed by atoms with E-state index in [0.717, 1.165) is 16.3 Å². The van der Waals surface area contributed by atoms with Gasteiger partial charge >= 0.3 is 5.97 Å². The van der Waals surface area contributed by atoms with Gasteiger partial charge < -0.3 is 9.84 Å². The molecule has 2 aromatic carbocycles. The van der Waals surface area contributed by atoms with E-state index < -0.39 is 5.97 Å². The summed E-state index contributed by atoms with van der Waals surface area (Å²) in [5.41, 5.74) is 1.65. The largest absolute Gasteiger partial charge is 0.481 e. The fourth-order valence-corrected chi connectivity index (χ4v) is 2.71. The maximum Gasteiger partial charge on any atom is 0.335 e. The molecule has 4 nitrogen and oxygen atoms in total. The lowest BCUT2D eigenvalue weighted by molar-refractivity contribution is 0.0697. The molecule has 110 valence electrons. The summed E-state index contributed by atoms with van der Waals surface area (Å²) in [5.74, 6) is -0.538. The van der Waals surface area contributed by atoms with Crippen LogP contribution in [0.25, 0.3) is 21.9 Å². The number of carboxylic acid groups (broad SMARTS) is 1. The maximum atomic E-state index is 11.2. The van der Waals surface area contributed by atoms with E-state index >= 15 is 0 Å². The summed E-state index contributed by atoms with van der Waals surface area (Å²) >= 11 is 6.37. The molecule has 5 heteroatoms. The first-order chi connectivity index (χ1) is 10.6. The number of ether oxygens (including phenoxy) is 1. The highest BCUT2D eigenvalue weighted by molar-refractivity contribution is 6.35. The summed E-state index contributed by atoms with van der Waals surface area (Å²) in [6, 6.07) is 12.2. The van der Waals surface area contributed by atoms with E-state index in [1.807, 2.05) is 12.1 Å². The van der Waals surface area contributed by atoms with Crippen LogP contribution < -0.4 is 4.74 Å². The van der Waals surface area contributed by atoms with E-state index in [9.17, 15) is 9.90 Å². The van der Waals surface area contributed by atoms with Gasteiger partial charge in [0.2, 0.25) is 5.88 Å². The zero-order chi connectivity index (χ0) is 15.7. The molecule has 1 heterocycles. The van der Waals surface area contributed by atoms with Crippen LogP contribution in [0.15, 0.2) is 48.7 Å². The number of hydrogen-bond donors (Lipinski definition) is 1. The number of nitrogens with zero attached hydrogens (tertiary/aromatic N) is 1. The first kappa shape index (κ1) is 14.4. The number of carboxylic acids is 1. The quantitative estimate of drug-likeness (QED) is 0.784. The number of rotatable bonds is 3. The first-order valence-corrected chi connectivity index (χ1v) is 6.94. The predicted octanol–water partition coefficient (Wildman–Crippen LogP) is 4.26. The number of methoxy groups -OCH3 is 1. The Bertz CT molecular complexity index is 877. The smallest absolute Gasteiger partial charge is 0.335 e. The molecule has 0 saturated heterocycles. The lowest BCUT2D eigenvalue weighted by atomic mass is 9.97. The SMILES string of the molecule is COc1ncccc1-c1c(Cl)ccc2ccc(C(=O)O)cc12. The van der Waals surface area contributed by atoms with Crippen LogP contribution in [0.1, 0.15) is 10.4 Å².